The molecule has 0 heterocycles. The Labute approximate surface area is 84.3 Å². The van der Waals surface area contributed by atoms with Crippen molar-refractivity contribution < 1.29 is 5.11 Å². The molecule has 14 heavy (non-hydrogen) atoms. The zero-order chi connectivity index (χ0) is 9.97. The first-order valence-corrected chi connectivity index (χ1v) is 4.95. The van der Waals surface area contributed by atoms with Crippen molar-refractivity contribution in [3.8, 4) is 5.75 Å². The molecule has 0 atom stereocenters. The smallest absolute Gasteiger partial charge is 0.116 e. The summed E-state index contributed by atoms with van der Waals surface area (Å²) in [6.07, 6.45) is 4.39. The second-order valence-electron chi connectivity index (χ2n) is 3.72. The molecule has 0 spiro atoms. The standard InChI is InChI=1S/C12H15NO/c1-13-8-9-2-3-10-4-5-12(14)7-11(10)6-9/h4-7,13-14H,2-3,8H2,1H3. The van der Waals surface area contributed by atoms with Gasteiger partial charge in [-0.15, -0.1) is 0 Å². The van der Waals surface area contributed by atoms with Gasteiger partial charge < -0.3 is 10.4 Å². The summed E-state index contributed by atoms with van der Waals surface area (Å²) in [5, 5.41) is 12.5. The predicted molar refractivity (Wildman–Crippen MR) is 58.3 cm³/mol. The van der Waals surface area contributed by atoms with Gasteiger partial charge in [-0.2, -0.15) is 0 Å². The third-order valence-corrected chi connectivity index (χ3v) is 2.61. The van der Waals surface area contributed by atoms with E-state index in [-0.39, 0.29) is 0 Å². The number of nitrogens with one attached hydrogen (secondary N) is 1. The molecule has 2 N–H and O–H groups in total. The number of fused-ring (bicyclic) bond motifs is 1. The topological polar surface area (TPSA) is 32.3 Å². The molecule has 0 saturated heterocycles. The molecule has 0 radical (unpaired) electrons. The molecule has 1 aromatic carbocycles. The van der Waals surface area contributed by atoms with Crippen LogP contribution in [0.4, 0.5) is 0 Å². The Morgan fingerprint density at radius 3 is 3.00 bits per heavy atom. The number of aromatic hydroxyl groups is 1. The molecule has 1 aromatic rings. The van der Waals surface area contributed by atoms with E-state index in [2.05, 4.69) is 11.4 Å². The van der Waals surface area contributed by atoms with Gasteiger partial charge in [0, 0.05) is 6.54 Å². The summed E-state index contributed by atoms with van der Waals surface area (Å²) in [4.78, 5) is 0. The Hall–Kier alpha value is -1.28. The van der Waals surface area contributed by atoms with E-state index >= 15 is 0 Å². The second kappa shape index (κ2) is 3.84. The molecule has 0 fully saturated rings. The highest BCUT2D eigenvalue weighted by molar-refractivity contribution is 5.61. The van der Waals surface area contributed by atoms with E-state index in [4.69, 9.17) is 0 Å². The molecular weight excluding hydrogens is 174 g/mol. The van der Waals surface area contributed by atoms with Crippen molar-refractivity contribution in [2.45, 2.75) is 12.8 Å². The quantitative estimate of drug-likeness (QED) is 0.745. The van der Waals surface area contributed by atoms with Gasteiger partial charge in [-0.05, 0) is 43.1 Å². The fourth-order valence-electron chi connectivity index (χ4n) is 1.90. The monoisotopic (exact) mass is 189 g/mol. The van der Waals surface area contributed by atoms with Gasteiger partial charge in [-0.1, -0.05) is 17.7 Å². The molecule has 0 saturated carbocycles. The number of rotatable bonds is 2. The first kappa shape index (κ1) is 9.28. The lowest BCUT2D eigenvalue weighted by molar-refractivity contribution is 0.475. The van der Waals surface area contributed by atoms with Gasteiger partial charge in [-0.3, -0.25) is 0 Å². The molecule has 2 heteroatoms. The van der Waals surface area contributed by atoms with Crippen molar-refractivity contribution in [3.63, 3.8) is 0 Å². The highest BCUT2D eigenvalue weighted by atomic mass is 16.3. The largest absolute Gasteiger partial charge is 0.508 e. The lowest BCUT2D eigenvalue weighted by Gasteiger charge is -2.16. The maximum Gasteiger partial charge on any atom is 0.116 e. The number of phenolic OH excluding ortho intramolecular Hbond substituents is 1. The van der Waals surface area contributed by atoms with E-state index in [1.165, 1.54) is 16.7 Å². The van der Waals surface area contributed by atoms with E-state index in [0.717, 1.165) is 19.4 Å². The van der Waals surface area contributed by atoms with E-state index in [1.54, 1.807) is 6.07 Å². The Morgan fingerprint density at radius 1 is 1.36 bits per heavy atom. The Morgan fingerprint density at radius 2 is 2.21 bits per heavy atom. The zero-order valence-corrected chi connectivity index (χ0v) is 8.38. The lowest BCUT2D eigenvalue weighted by Crippen LogP contribution is -2.13. The van der Waals surface area contributed by atoms with Crippen LogP contribution >= 0.6 is 0 Å². The minimum Gasteiger partial charge on any atom is -0.508 e. The maximum atomic E-state index is 9.36. The number of phenols is 1. The highest BCUT2D eigenvalue weighted by Crippen LogP contribution is 2.26. The minimum absolute atomic E-state index is 0.353. The van der Waals surface area contributed by atoms with E-state index in [1.807, 2.05) is 19.2 Å². The van der Waals surface area contributed by atoms with Crippen LogP contribution in [0.15, 0.2) is 23.8 Å². The van der Waals surface area contributed by atoms with Crippen molar-refractivity contribution >= 4 is 6.08 Å². The van der Waals surface area contributed by atoms with Crippen LogP contribution in [0.25, 0.3) is 6.08 Å². The first-order chi connectivity index (χ1) is 6.79. The van der Waals surface area contributed by atoms with Gasteiger partial charge in [0.2, 0.25) is 0 Å². The van der Waals surface area contributed by atoms with Gasteiger partial charge in [0.15, 0.2) is 0 Å². The van der Waals surface area contributed by atoms with Crippen LogP contribution in [0.2, 0.25) is 0 Å². The van der Waals surface area contributed by atoms with Crippen molar-refractivity contribution in [2.75, 3.05) is 13.6 Å². The number of benzene rings is 1. The fraction of sp³-hybridized carbons (Fsp3) is 0.333. The molecule has 2 rings (SSSR count). The van der Waals surface area contributed by atoms with E-state index in [0.29, 0.717) is 5.75 Å². The second-order valence-corrected chi connectivity index (χ2v) is 3.72. The number of hydrogen-bond acceptors (Lipinski definition) is 2. The van der Waals surface area contributed by atoms with Crippen molar-refractivity contribution in [3.05, 3.63) is 34.9 Å². The normalized spacial score (nSPS) is 14.8. The van der Waals surface area contributed by atoms with Crippen LogP contribution in [-0.2, 0) is 6.42 Å². The fourth-order valence-corrected chi connectivity index (χ4v) is 1.90. The predicted octanol–water partition coefficient (Wildman–Crippen LogP) is 1.94. The average Bonchev–Trinajstić information content (AvgIpc) is 2.17. The molecule has 1 aliphatic rings. The number of aryl methyl sites for hydroxylation is 1. The SMILES string of the molecule is CNCC1=Cc2cc(O)ccc2CC1. The summed E-state index contributed by atoms with van der Waals surface area (Å²) in [5.74, 6) is 0.353. The maximum absolute atomic E-state index is 9.36. The third kappa shape index (κ3) is 1.80. The highest BCUT2D eigenvalue weighted by Gasteiger charge is 2.09. The molecule has 1 aliphatic carbocycles. The molecule has 0 aliphatic heterocycles. The molecule has 0 aromatic heterocycles. The Kier molecular flexibility index (Phi) is 2.55. The van der Waals surface area contributed by atoms with Crippen LogP contribution in [-0.4, -0.2) is 18.7 Å². The van der Waals surface area contributed by atoms with Gasteiger partial charge in [0.25, 0.3) is 0 Å². The first-order valence-electron chi connectivity index (χ1n) is 4.95. The summed E-state index contributed by atoms with van der Waals surface area (Å²) in [7, 11) is 1.96. The third-order valence-electron chi connectivity index (χ3n) is 2.61. The Balaban J connectivity index is 2.32. The van der Waals surface area contributed by atoms with Crippen molar-refractivity contribution in [1.82, 2.24) is 5.32 Å². The minimum atomic E-state index is 0.353. The molecule has 0 amide bonds. The summed E-state index contributed by atoms with van der Waals surface area (Å²) in [6, 6.07) is 5.61. The molecule has 0 unspecified atom stereocenters. The molecule has 0 bridgehead atoms. The van der Waals surface area contributed by atoms with Crippen LogP contribution in [0, 0.1) is 0 Å². The average molecular weight is 189 g/mol. The van der Waals surface area contributed by atoms with Crippen molar-refractivity contribution in [2.24, 2.45) is 0 Å². The van der Waals surface area contributed by atoms with Crippen LogP contribution in [0.5, 0.6) is 5.75 Å². The lowest BCUT2D eigenvalue weighted by atomic mass is 9.92. The van der Waals surface area contributed by atoms with Crippen molar-refractivity contribution in [1.29, 1.82) is 0 Å². The van der Waals surface area contributed by atoms with Gasteiger partial charge >= 0.3 is 0 Å². The summed E-state index contributed by atoms with van der Waals surface area (Å²) in [5.41, 5.74) is 3.91. The summed E-state index contributed by atoms with van der Waals surface area (Å²) in [6.45, 7) is 0.940. The van der Waals surface area contributed by atoms with Crippen LogP contribution in [0.1, 0.15) is 17.5 Å². The number of likely N-dealkylation sites (N-methyl/N-ethyl adjacent to an activating group) is 1. The number of hydrogen-bond donors (Lipinski definition) is 2. The molecule has 2 nitrogen and oxygen atoms in total. The van der Waals surface area contributed by atoms with Gasteiger partial charge in [-0.25, -0.2) is 0 Å². The molecular formula is C12H15NO. The van der Waals surface area contributed by atoms with E-state index in [9.17, 15) is 5.11 Å². The Bertz CT molecular complexity index is 369. The van der Waals surface area contributed by atoms with Crippen LogP contribution < -0.4 is 5.32 Å². The summed E-state index contributed by atoms with van der Waals surface area (Å²) >= 11 is 0. The van der Waals surface area contributed by atoms with E-state index < -0.39 is 0 Å². The summed E-state index contributed by atoms with van der Waals surface area (Å²) < 4.78 is 0. The molecule has 74 valence electrons. The zero-order valence-electron chi connectivity index (χ0n) is 8.38. The van der Waals surface area contributed by atoms with Crippen LogP contribution in [0.3, 0.4) is 0 Å². The van der Waals surface area contributed by atoms with Gasteiger partial charge in [0.1, 0.15) is 5.75 Å². The van der Waals surface area contributed by atoms with Gasteiger partial charge in [0.05, 0.1) is 0 Å².